The first-order chi connectivity index (χ1) is 12.7. The van der Waals surface area contributed by atoms with Gasteiger partial charge in [0.2, 0.25) is 0 Å². The molecule has 0 fully saturated rings. The van der Waals surface area contributed by atoms with E-state index in [0.717, 1.165) is 9.15 Å². The number of anilines is 1. The molecule has 2 heterocycles. The Morgan fingerprint density at radius 1 is 1.41 bits per heavy atom. The third-order valence-electron chi connectivity index (χ3n) is 4.32. The monoisotopic (exact) mass is 464 g/mol. The van der Waals surface area contributed by atoms with Crippen LogP contribution in [0.4, 0.5) is 19.0 Å². The van der Waals surface area contributed by atoms with Crippen LogP contribution in [0.2, 0.25) is 5.02 Å². The summed E-state index contributed by atoms with van der Waals surface area (Å²) in [4.78, 5) is 12.2. The third kappa shape index (κ3) is 4.08. The van der Waals surface area contributed by atoms with Crippen LogP contribution in [0.1, 0.15) is 47.9 Å². The zero-order valence-electron chi connectivity index (χ0n) is 14.3. The summed E-state index contributed by atoms with van der Waals surface area (Å²) in [5, 5.41) is 9.36. The summed E-state index contributed by atoms with van der Waals surface area (Å²) in [6.45, 7) is 2.25. The van der Waals surface area contributed by atoms with Gasteiger partial charge in [0.05, 0.1) is 6.04 Å². The van der Waals surface area contributed by atoms with Gasteiger partial charge in [-0.2, -0.15) is 18.3 Å². The topological polar surface area (TPSA) is 59.0 Å². The molecule has 0 saturated carbocycles. The predicted octanol–water partition coefficient (Wildman–Crippen LogP) is 5.10. The summed E-state index contributed by atoms with van der Waals surface area (Å²) >= 11 is 9.54. The van der Waals surface area contributed by atoms with Crippen LogP contribution in [0.25, 0.3) is 0 Å². The molecule has 1 aliphatic heterocycles. The summed E-state index contributed by atoms with van der Waals surface area (Å²) in [6.07, 6.45) is -4.10. The van der Waals surface area contributed by atoms with Crippen LogP contribution in [-0.4, -0.2) is 28.4 Å². The highest BCUT2D eigenvalue weighted by molar-refractivity contribution is 9.10. The molecule has 146 valence electrons. The van der Waals surface area contributed by atoms with Crippen LogP contribution < -0.4 is 10.6 Å². The number of rotatable bonds is 4. The number of nitrogens with one attached hydrogen (secondary N) is 2. The van der Waals surface area contributed by atoms with Gasteiger partial charge < -0.3 is 10.6 Å². The van der Waals surface area contributed by atoms with E-state index >= 15 is 0 Å². The molecule has 2 unspecified atom stereocenters. The lowest BCUT2D eigenvalue weighted by atomic mass is 9.97. The quantitative estimate of drug-likeness (QED) is 0.660. The molecule has 1 amide bonds. The van der Waals surface area contributed by atoms with E-state index in [4.69, 9.17) is 11.6 Å². The molecule has 0 aliphatic carbocycles. The molecular formula is C17H17BrClF3N4O. The molecule has 1 aliphatic rings. The number of fused-ring (bicyclic) bond motifs is 1. The lowest BCUT2D eigenvalue weighted by molar-refractivity contribution is -0.173. The second kappa shape index (κ2) is 7.71. The molecular weight excluding hydrogens is 449 g/mol. The van der Waals surface area contributed by atoms with Crippen LogP contribution in [-0.2, 0) is 0 Å². The van der Waals surface area contributed by atoms with E-state index in [2.05, 4.69) is 31.7 Å². The standard InChI is InChI=1S/C17H17BrClF3N4O/c1-2-7-23-16(27)14-13(19)15-24-11(9-3-5-10(18)6-4-9)8-12(17(20,21)22)26(15)25-14/h3-6,11-12,24H,2,7-8H2,1H3,(H,23,27). The molecule has 0 saturated heterocycles. The Bertz CT molecular complexity index is 838. The molecule has 0 spiro atoms. The smallest absolute Gasteiger partial charge is 0.362 e. The van der Waals surface area contributed by atoms with E-state index in [0.29, 0.717) is 18.5 Å². The second-order valence-electron chi connectivity index (χ2n) is 6.25. The van der Waals surface area contributed by atoms with Crippen molar-refractivity contribution in [3.8, 4) is 0 Å². The van der Waals surface area contributed by atoms with Crippen molar-refractivity contribution in [3.63, 3.8) is 0 Å². The number of hydrogen-bond acceptors (Lipinski definition) is 3. The van der Waals surface area contributed by atoms with Gasteiger partial charge in [-0.15, -0.1) is 0 Å². The maximum absolute atomic E-state index is 13.7. The summed E-state index contributed by atoms with van der Waals surface area (Å²) in [5.41, 5.74) is 0.478. The van der Waals surface area contributed by atoms with Crippen LogP contribution in [0.3, 0.4) is 0 Å². The Morgan fingerprint density at radius 3 is 2.67 bits per heavy atom. The minimum Gasteiger partial charge on any atom is -0.362 e. The van der Waals surface area contributed by atoms with Gasteiger partial charge in [-0.05, 0) is 24.1 Å². The number of carbonyl (C=O) groups excluding carboxylic acids is 1. The van der Waals surface area contributed by atoms with Gasteiger partial charge in [-0.25, -0.2) is 4.68 Å². The van der Waals surface area contributed by atoms with Crippen molar-refractivity contribution < 1.29 is 18.0 Å². The number of hydrogen-bond donors (Lipinski definition) is 2. The fraction of sp³-hybridized carbons (Fsp3) is 0.412. The lowest BCUT2D eigenvalue weighted by Crippen LogP contribution is -2.36. The molecule has 5 nitrogen and oxygen atoms in total. The highest BCUT2D eigenvalue weighted by Crippen LogP contribution is 2.46. The average molecular weight is 466 g/mol. The molecule has 0 radical (unpaired) electrons. The molecule has 1 aromatic carbocycles. The van der Waals surface area contributed by atoms with E-state index in [9.17, 15) is 18.0 Å². The normalized spacial score (nSPS) is 19.3. The molecule has 0 bridgehead atoms. The van der Waals surface area contributed by atoms with E-state index in [-0.39, 0.29) is 23.0 Å². The third-order valence-corrected chi connectivity index (χ3v) is 5.21. The zero-order chi connectivity index (χ0) is 19.8. The Labute approximate surface area is 167 Å². The number of aromatic nitrogens is 2. The van der Waals surface area contributed by atoms with E-state index in [1.54, 1.807) is 24.3 Å². The van der Waals surface area contributed by atoms with Gasteiger partial charge >= 0.3 is 6.18 Å². The van der Waals surface area contributed by atoms with Crippen molar-refractivity contribution >= 4 is 39.3 Å². The number of benzene rings is 1. The SMILES string of the molecule is CCCNC(=O)c1nn2c(c1Cl)NC(c1ccc(Br)cc1)CC2C(F)(F)F. The number of halogens is 5. The number of alkyl halides is 3. The summed E-state index contributed by atoms with van der Waals surface area (Å²) < 4.78 is 42.6. The lowest BCUT2D eigenvalue weighted by Gasteiger charge is -2.33. The van der Waals surface area contributed by atoms with Crippen LogP contribution in [0.15, 0.2) is 28.7 Å². The Morgan fingerprint density at radius 2 is 2.07 bits per heavy atom. The first-order valence-corrected chi connectivity index (χ1v) is 9.54. The van der Waals surface area contributed by atoms with Crippen molar-refractivity contribution in [1.82, 2.24) is 15.1 Å². The van der Waals surface area contributed by atoms with Gasteiger partial charge in [0.15, 0.2) is 11.7 Å². The van der Waals surface area contributed by atoms with Crippen LogP contribution >= 0.6 is 27.5 Å². The van der Waals surface area contributed by atoms with E-state index in [1.807, 2.05) is 6.92 Å². The summed E-state index contributed by atoms with van der Waals surface area (Å²) in [6, 6.07) is 4.51. The van der Waals surface area contributed by atoms with Crippen LogP contribution in [0.5, 0.6) is 0 Å². The largest absolute Gasteiger partial charge is 0.410 e. The fourth-order valence-corrected chi connectivity index (χ4v) is 3.50. The first-order valence-electron chi connectivity index (χ1n) is 8.37. The molecule has 1 aromatic heterocycles. The Kier molecular flexibility index (Phi) is 5.71. The molecule has 27 heavy (non-hydrogen) atoms. The number of nitrogens with zero attached hydrogens (tertiary/aromatic N) is 2. The summed E-state index contributed by atoms with van der Waals surface area (Å²) in [5.74, 6) is -0.591. The number of amides is 1. The fourth-order valence-electron chi connectivity index (χ4n) is 2.97. The summed E-state index contributed by atoms with van der Waals surface area (Å²) in [7, 11) is 0. The minimum absolute atomic E-state index is 0.000177. The van der Waals surface area contributed by atoms with Gasteiger partial charge in [-0.1, -0.05) is 46.6 Å². The Hall–Kier alpha value is -1.74. The average Bonchev–Trinajstić information content (AvgIpc) is 2.95. The molecule has 2 N–H and O–H groups in total. The molecule has 2 aromatic rings. The predicted molar refractivity (Wildman–Crippen MR) is 100 cm³/mol. The van der Waals surface area contributed by atoms with E-state index in [1.165, 1.54) is 0 Å². The highest BCUT2D eigenvalue weighted by Gasteiger charge is 2.47. The second-order valence-corrected chi connectivity index (χ2v) is 7.55. The molecule has 3 rings (SSSR count). The van der Waals surface area contributed by atoms with Gasteiger partial charge in [0.25, 0.3) is 5.91 Å². The first kappa shape index (κ1) is 20.0. The van der Waals surface area contributed by atoms with Crippen molar-refractivity contribution in [2.75, 3.05) is 11.9 Å². The van der Waals surface area contributed by atoms with E-state index < -0.39 is 24.2 Å². The van der Waals surface area contributed by atoms with Crippen LogP contribution in [0, 0.1) is 0 Å². The van der Waals surface area contributed by atoms with Gasteiger partial charge in [-0.3, -0.25) is 4.79 Å². The molecule has 2 atom stereocenters. The maximum atomic E-state index is 13.7. The van der Waals surface area contributed by atoms with Crippen molar-refractivity contribution in [2.24, 2.45) is 0 Å². The van der Waals surface area contributed by atoms with Crippen molar-refractivity contribution in [3.05, 3.63) is 45.0 Å². The van der Waals surface area contributed by atoms with Crippen molar-refractivity contribution in [2.45, 2.75) is 38.0 Å². The number of carbonyl (C=O) groups is 1. The Balaban J connectivity index is 2.01. The maximum Gasteiger partial charge on any atom is 0.410 e. The highest BCUT2D eigenvalue weighted by atomic mass is 79.9. The van der Waals surface area contributed by atoms with Gasteiger partial charge in [0, 0.05) is 17.4 Å². The zero-order valence-corrected chi connectivity index (χ0v) is 16.6. The van der Waals surface area contributed by atoms with Crippen molar-refractivity contribution in [1.29, 1.82) is 0 Å². The molecule has 10 heteroatoms. The minimum atomic E-state index is -4.53. The van der Waals surface area contributed by atoms with Gasteiger partial charge in [0.1, 0.15) is 10.8 Å².